The summed E-state index contributed by atoms with van der Waals surface area (Å²) in [5.74, 6) is 0.604. The van der Waals surface area contributed by atoms with Gasteiger partial charge < -0.3 is 15.4 Å². The Bertz CT molecular complexity index is 483. The van der Waals surface area contributed by atoms with Crippen LogP contribution in [-0.4, -0.2) is 38.8 Å². The highest BCUT2D eigenvalue weighted by atomic mass is 79.9. The molecule has 6 heteroatoms. The monoisotopic (exact) mass is 387 g/mol. The zero-order valence-corrected chi connectivity index (χ0v) is 15.6. The number of halogens is 2. The minimum absolute atomic E-state index is 0.173. The van der Waals surface area contributed by atoms with Crippen molar-refractivity contribution in [2.45, 2.75) is 33.1 Å². The van der Waals surface area contributed by atoms with E-state index in [0.29, 0.717) is 18.5 Å². The van der Waals surface area contributed by atoms with Crippen molar-refractivity contribution in [1.82, 2.24) is 10.6 Å². The van der Waals surface area contributed by atoms with Crippen LogP contribution in [0, 0.1) is 5.82 Å². The van der Waals surface area contributed by atoms with Crippen LogP contribution in [0.5, 0.6) is 0 Å². The molecule has 2 N–H and O–H groups in total. The zero-order valence-electron chi connectivity index (χ0n) is 14.0. The van der Waals surface area contributed by atoms with Gasteiger partial charge in [0.05, 0.1) is 0 Å². The van der Waals surface area contributed by atoms with Crippen LogP contribution < -0.4 is 10.6 Å². The molecule has 0 saturated heterocycles. The summed E-state index contributed by atoms with van der Waals surface area (Å²) in [6, 6.07) is 5.01. The lowest BCUT2D eigenvalue weighted by Crippen LogP contribution is -2.38. The number of nitrogens with one attached hydrogen (secondary N) is 2. The van der Waals surface area contributed by atoms with Crippen LogP contribution in [-0.2, 0) is 11.2 Å². The molecule has 0 aliphatic carbocycles. The molecule has 4 nitrogen and oxygen atoms in total. The summed E-state index contributed by atoms with van der Waals surface area (Å²) in [5.41, 5.74) is 0.694. The Morgan fingerprint density at radius 3 is 2.83 bits per heavy atom. The van der Waals surface area contributed by atoms with Crippen molar-refractivity contribution >= 4 is 21.9 Å². The van der Waals surface area contributed by atoms with E-state index in [4.69, 9.17) is 4.74 Å². The summed E-state index contributed by atoms with van der Waals surface area (Å²) in [7, 11) is 0. The van der Waals surface area contributed by atoms with Crippen molar-refractivity contribution in [3.8, 4) is 0 Å². The molecule has 0 aromatic heterocycles. The number of unbranched alkanes of at least 4 members (excludes halogenated alkanes) is 1. The lowest BCUT2D eigenvalue weighted by Gasteiger charge is -2.12. The van der Waals surface area contributed by atoms with Gasteiger partial charge in [-0.2, -0.15) is 0 Å². The number of hydrogen-bond donors (Lipinski definition) is 2. The third kappa shape index (κ3) is 8.91. The highest BCUT2D eigenvalue weighted by molar-refractivity contribution is 9.10. The van der Waals surface area contributed by atoms with Crippen LogP contribution in [0.2, 0.25) is 0 Å². The van der Waals surface area contributed by atoms with Crippen molar-refractivity contribution in [2.75, 3.05) is 32.8 Å². The Morgan fingerprint density at radius 1 is 1.26 bits per heavy atom. The van der Waals surface area contributed by atoms with Crippen molar-refractivity contribution < 1.29 is 9.13 Å². The number of ether oxygens (including phenoxy) is 1. The van der Waals surface area contributed by atoms with Gasteiger partial charge in [-0.05, 0) is 56.9 Å². The summed E-state index contributed by atoms with van der Waals surface area (Å²) in [6.07, 6.45) is 2.62. The highest BCUT2D eigenvalue weighted by Gasteiger charge is 2.03. The van der Waals surface area contributed by atoms with E-state index in [1.54, 1.807) is 6.07 Å². The molecule has 1 aromatic rings. The van der Waals surface area contributed by atoms with Gasteiger partial charge in [0, 0.05) is 37.3 Å². The van der Waals surface area contributed by atoms with Gasteiger partial charge in [0.1, 0.15) is 5.82 Å². The predicted octanol–water partition coefficient (Wildman–Crippen LogP) is 3.50. The van der Waals surface area contributed by atoms with Crippen molar-refractivity contribution in [3.05, 3.63) is 34.1 Å². The largest absolute Gasteiger partial charge is 0.382 e. The van der Waals surface area contributed by atoms with E-state index in [2.05, 4.69) is 31.6 Å². The molecular formula is C17H27BrFN3O. The molecule has 0 spiro atoms. The average molecular weight is 388 g/mol. The third-order valence-electron chi connectivity index (χ3n) is 3.21. The summed E-state index contributed by atoms with van der Waals surface area (Å²) >= 11 is 3.37. The SMILES string of the molecule is CCNC(=NCCCCOCC)NCCc1cc(Br)ccc1F. The molecule has 0 aliphatic rings. The lowest BCUT2D eigenvalue weighted by molar-refractivity contribution is 0.144. The minimum Gasteiger partial charge on any atom is -0.382 e. The molecule has 0 radical (unpaired) electrons. The van der Waals surface area contributed by atoms with E-state index in [9.17, 15) is 4.39 Å². The van der Waals surface area contributed by atoms with Gasteiger partial charge in [0.15, 0.2) is 5.96 Å². The number of nitrogens with zero attached hydrogens (tertiary/aromatic N) is 1. The molecule has 1 rings (SSSR count). The molecule has 0 aliphatic heterocycles. The van der Waals surface area contributed by atoms with Crippen LogP contribution >= 0.6 is 15.9 Å². The van der Waals surface area contributed by atoms with Crippen LogP contribution in [0.3, 0.4) is 0 Å². The maximum absolute atomic E-state index is 13.7. The molecule has 1 aromatic carbocycles. The average Bonchev–Trinajstić information content (AvgIpc) is 2.54. The predicted molar refractivity (Wildman–Crippen MR) is 97.5 cm³/mol. The fourth-order valence-electron chi connectivity index (χ4n) is 2.04. The van der Waals surface area contributed by atoms with E-state index in [0.717, 1.165) is 49.6 Å². The molecule has 0 fully saturated rings. The highest BCUT2D eigenvalue weighted by Crippen LogP contribution is 2.15. The second kappa shape index (κ2) is 12.3. The van der Waals surface area contributed by atoms with Gasteiger partial charge in [-0.3, -0.25) is 4.99 Å². The van der Waals surface area contributed by atoms with Crippen LogP contribution in [0.15, 0.2) is 27.7 Å². The van der Waals surface area contributed by atoms with Crippen LogP contribution in [0.4, 0.5) is 4.39 Å². The molecule has 130 valence electrons. The van der Waals surface area contributed by atoms with Crippen LogP contribution in [0.25, 0.3) is 0 Å². The molecule has 0 unspecified atom stereocenters. The summed E-state index contributed by atoms with van der Waals surface area (Å²) < 4.78 is 19.9. The molecular weight excluding hydrogens is 361 g/mol. The summed E-state index contributed by atoms with van der Waals surface area (Å²) in [5, 5.41) is 6.45. The maximum atomic E-state index is 13.7. The van der Waals surface area contributed by atoms with E-state index in [-0.39, 0.29) is 5.82 Å². The molecule has 0 atom stereocenters. The standard InChI is InChI=1S/C17H27BrFN3O/c1-3-20-17(21-10-5-6-12-23-4-2)22-11-9-14-13-15(18)7-8-16(14)19/h7-8,13H,3-6,9-12H2,1-2H3,(H2,20,21,22). The normalized spacial score (nSPS) is 11.6. The molecule has 23 heavy (non-hydrogen) atoms. The first-order chi connectivity index (χ1) is 11.2. The first-order valence-corrected chi connectivity index (χ1v) is 9.00. The van der Waals surface area contributed by atoms with Crippen molar-refractivity contribution in [1.29, 1.82) is 0 Å². The van der Waals surface area contributed by atoms with Gasteiger partial charge in [0.25, 0.3) is 0 Å². The Balaban J connectivity index is 2.35. The number of guanidine groups is 1. The molecule has 0 saturated carbocycles. The minimum atomic E-state index is -0.173. The number of hydrogen-bond acceptors (Lipinski definition) is 2. The smallest absolute Gasteiger partial charge is 0.191 e. The topological polar surface area (TPSA) is 45.7 Å². The lowest BCUT2D eigenvalue weighted by atomic mass is 10.1. The Morgan fingerprint density at radius 2 is 2.09 bits per heavy atom. The number of benzene rings is 1. The van der Waals surface area contributed by atoms with Crippen molar-refractivity contribution in [2.24, 2.45) is 4.99 Å². The van der Waals surface area contributed by atoms with Gasteiger partial charge in [-0.25, -0.2) is 4.39 Å². The molecule has 0 bridgehead atoms. The first-order valence-electron chi connectivity index (χ1n) is 8.21. The van der Waals surface area contributed by atoms with E-state index < -0.39 is 0 Å². The summed E-state index contributed by atoms with van der Waals surface area (Å²) in [6.45, 7) is 7.78. The first kappa shape index (κ1) is 19.9. The second-order valence-electron chi connectivity index (χ2n) is 5.08. The van der Waals surface area contributed by atoms with Gasteiger partial charge in [0.2, 0.25) is 0 Å². The second-order valence-corrected chi connectivity index (χ2v) is 5.99. The van der Waals surface area contributed by atoms with Gasteiger partial charge in [-0.15, -0.1) is 0 Å². The molecule has 0 heterocycles. The number of aliphatic imine (C=N–C) groups is 1. The van der Waals surface area contributed by atoms with Gasteiger partial charge >= 0.3 is 0 Å². The number of rotatable bonds is 10. The van der Waals surface area contributed by atoms with Gasteiger partial charge in [-0.1, -0.05) is 15.9 Å². The fourth-order valence-corrected chi connectivity index (χ4v) is 2.45. The Hall–Kier alpha value is -1.14. The Labute approximate surface area is 147 Å². The fraction of sp³-hybridized carbons (Fsp3) is 0.588. The van der Waals surface area contributed by atoms with Crippen LogP contribution in [0.1, 0.15) is 32.3 Å². The van der Waals surface area contributed by atoms with E-state index in [1.165, 1.54) is 6.07 Å². The summed E-state index contributed by atoms with van der Waals surface area (Å²) in [4.78, 5) is 4.52. The van der Waals surface area contributed by atoms with E-state index >= 15 is 0 Å². The van der Waals surface area contributed by atoms with Crippen molar-refractivity contribution in [3.63, 3.8) is 0 Å². The van der Waals surface area contributed by atoms with E-state index in [1.807, 2.05) is 19.9 Å². The molecule has 0 amide bonds. The third-order valence-corrected chi connectivity index (χ3v) is 3.70. The quantitative estimate of drug-likeness (QED) is 0.366. The Kier molecular flexibility index (Phi) is 10.6. The zero-order chi connectivity index (χ0) is 16.9. The maximum Gasteiger partial charge on any atom is 0.191 e.